The van der Waals surface area contributed by atoms with Crippen LogP contribution in [0.4, 0.5) is 5.69 Å². The largest absolute Gasteiger partial charge is 0.323 e. The molecule has 1 N–H and O–H groups in total. The van der Waals surface area contributed by atoms with Crippen molar-refractivity contribution in [2.75, 3.05) is 30.7 Å². The topological polar surface area (TPSA) is 67.2 Å². The zero-order valence-corrected chi connectivity index (χ0v) is 20.4. The Hall–Kier alpha value is -2.06. The van der Waals surface area contributed by atoms with Gasteiger partial charge in [-0.25, -0.2) is 4.98 Å². The van der Waals surface area contributed by atoms with Gasteiger partial charge in [0, 0.05) is 6.54 Å². The number of nitrogens with zero attached hydrogens (tertiary/aromatic N) is 3. The lowest BCUT2D eigenvalue weighted by Gasteiger charge is -2.19. The molecule has 0 aliphatic heterocycles. The number of rotatable bonds is 10. The number of hydrogen-bond acceptors (Lipinski definition) is 5. The molecule has 9 heteroatoms. The van der Waals surface area contributed by atoms with Gasteiger partial charge >= 0.3 is 0 Å². The molecule has 0 spiro atoms. The molecule has 32 heavy (non-hydrogen) atoms. The van der Waals surface area contributed by atoms with Crippen LogP contribution in [0.3, 0.4) is 0 Å². The average molecular weight is 493 g/mol. The third-order valence-electron chi connectivity index (χ3n) is 5.14. The summed E-state index contributed by atoms with van der Waals surface area (Å²) in [6.07, 6.45) is 0.816. The average Bonchev–Trinajstić information content (AvgIpc) is 2.79. The number of halogens is 2. The Morgan fingerprint density at radius 2 is 1.78 bits per heavy atom. The smallest absolute Gasteiger partial charge is 0.262 e. The van der Waals surface area contributed by atoms with Crippen molar-refractivity contribution in [1.82, 2.24) is 14.5 Å². The molecule has 0 unspecified atom stereocenters. The molecule has 1 heterocycles. The Labute approximate surface area is 201 Å². The van der Waals surface area contributed by atoms with E-state index in [-0.39, 0.29) is 17.2 Å². The summed E-state index contributed by atoms with van der Waals surface area (Å²) in [5, 5.41) is 4.58. The molecule has 3 aromatic rings. The first-order chi connectivity index (χ1) is 15.4. The first-order valence-electron chi connectivity index (χ1n) is 10.5. The number of thioether (sulfide) groups is 1. The van der Waals surface area contributed by atoms with Crippen molar-refractivity contribution in [3.8, 4) is 0 Å². The lowest BCUT2D eigenvalue weighted by atomic mass is 10.2. The van der Waals surface area contributed by atoms with E-state index >= 15 is 0 Å². The third-order valence-corrected chi connectivity index (χ3v) is 6.74. The molecule has 1 amide bonds. The van der Waals surface area contributed by atoms with Gasteiger partial charge < -0.3 is 10.2 Å². The zero-order valence-electron chi connectivity index (χ0n) is 18.1. The van der Waals surface area contributed by atoms with Crippen molar-refractivity contribution in [2.24, 2.45) is 0 Å². The van der Waals surface area contributed by atoms with Crippen LogP contribution in [0.5, 0.6) is 0 Å². The zero-order chi connectivity index (χ0) is 23.1. The lowest BCUT2D eigenvalue weighted by molar-refractivity contribution is -0.113. The van der Waals surface area contributed by atoms with Crippen molar-refractivity contribution in [2.45, 2.75) is 32.0 Å². The normalized spacial score (nSPS) is 11.3. The molecule has 0 aliphatic rings. The number of aromatic nitrogens is 2. The predicted molar refractivity (Wildman–Crippen MR) is 134 cm³/mol. The van der Waals surface area contributed by atoms with Crippen molar-refractivity contribution in [3.63, 3.8) is 0 Å². The van der Waals surface area contributed by atoms with Crippen LogP contribution >= 0.6 is 35.0 Å². The molecule has 0 radical (unpaired) electrons. The molecule has 0 bridgehead atoms. The van der Waals surface area contributed by atoms with Gasteiger partial charge in [0.15, 0.2) is 5.16 Å². The predicted octanol–water partition coefficient (Wildman–Crippen LogP) is 5.17. The Morgan fingerprint density at radius 3 is 2.47 bits per heavy atom. The first-order valence-corrected chi connectivity index (χ1v) is 12.3. The van der Waals surface area contributed by atoms with E-state index < -0.39 is 0 Å². The molecule has 170 valence electrons. The van der Waals surface area contributed by atoms with Crippen LogP contribution in [0.15, 0.2) is 52.4 Å². The summed E-state index contributed by atoms with van der Waals surface area (Å²) >= 11 is 13.5. The summed E-state index contributed by atoms with van der Waals surface area (Å²) in [5.41, 5.74) is 0.909. The summed E-state index contributed by atoms with van der Waals surface area (Å²) in [4.78, 5) is 32.7. The van der Waals surface area contributed by atoms with Gasteiger partial charge in [-0.1, -0.05) is 67.0 Å². The molecule has 2 aromatic carbocycles. The number of amides is 1. The summed E-state index contributed by atoms with van der Waals surface area (Å²) in [6, 6.07) is 12.3. The molecule has 0 aliphatic carbocycles. The molecular formula is C23H26Cl2N4O2S. The third kappa shape index (κ3) is 6.04. The highest BCUT2D eigenvalue weighted by atomic mass is 35.5. The van der Waals surface area contributed by atoms with E-state index in [1.807, 2.05) is 18.2 Å². The van der Waals surface area contributed by atoms with Crippen LogP contribution in [-0.4, -0.2) is 45.7 Å². The minimum absolute atomic E-state index is 0.0718. The minimum atomic E-state index is -0.276. The number of hydrogen-bond donors (Lipinski definition) is 1. The monoisotopic (exact) mass is 492 g/mol. The maximum Gasteiger partial charge on any atom is 0.262 e. The van der Waals surface area contributed by atoms with Crippen LogP contribution in [0, 0.1) is 0 Å². The quantitative estimate of drug-likeness (QED) is 0.312. The van der Waals surface area contributed by atoms with Gasteiger partial charge in [0.25, 0.3) is 5.56 Å². The standard InChI is InChI=1S/C23H26Cl2N4O2S/c1-3-28(4-2)13-8-14-29-22(31)16-9-5-6-12-19(16)26-23(29)32-15-20(30)27-21-17(24)10-7-11-18(21)25/h5-7,9-12H,3-4,8,13-15H2,1-2H3,(H,27,30). The van der Waals surface area contributed by atoms with Crippen molar-refractivity contribution in [3.05, 3.63) is 62.9 Å². The highest BCUT2D eigenvalue weighted by molar-refractivity contribution is 7.99. The minimum Gasteiger partial charge on any atom is -0.323 e. The molecule has 0 atom stereocenters. The summed E-state index contributed by atoms with van der Waals surface area (Å²) in [5.74, 6) is -0.204. The van der Waals surface area contributed by atoms with Gasteiger partial charge in [0.05, 0.1) is 32.4 Å². The summed E-state index contributed by atoms with van der Waals surface area (Å²) in [6.45, 7) is 7.60. The van der Waals surface area contributed by atoms with E-state index in [1.54, 1.807) is 28.8 Å². The molecular weight excluding hydrogens is 467 g/mol. The van der Waals surface area contributed by atoms with E-state index in [0.29, 0.717) is 38.3 Å². The second-order valence-corrected chi connectivity index (χ2v) is 8.94. The van der Waals surface area contributed by atoms with Crippen molar-refractivity contribution >= 4 is 57.5 Å². The van der Waals surface area contributed by atoms with Gasteiger partial charge in [-0.05, 0) is 50.3 Å². The van der Waals surface area contributed by atoms with Gasteiger partial charge in [0.2, 0.25) is 5.91 Å². The number of carbonyl (C=O) groups is 1. The second kappa shape index (κ2) is 11.7. The van der Waals surface area contributed by atoms with E-state index in [2.05, 4.69) is 29.0 Å². The number of benzene rings is 2. The van der Waals surface area contributed by atoms with Crippen LogP contribution in [-0.2, 0) is 11.3 Å². The Bertz CT molecular complexity index is 1130. The van der Waals surface area contributed by atoms with E-state index in [9.17, 15) is 9.59 Å². The van der Waals surface area contributed by atoms with Crippen LogP contribution in [0.2, 0.25) is 10.0 Å². The van der Waals surface area contributed by atoms with Gasteiger partial charge in [-0.3, -0.25) is 14.2 Å². The number of nitrogens with one attached hydrogen (secondary N) is 1. The maximum absolute atomic E-state index is 13.1. The van der Waals surface area contributed by atoms with Gasteiger partial charge in [0.1, 0.15) is 0 Å². The van der Waals surface area contributed by atoms with Gasteiger partial charge in [-0.15, -0.1) is 0 Å². The molecule has 6 nitrogen and oxygen atoms in total. The van der Waals surface area contributed by atoms with Crippen molar-refractivity contribution in [1.29, 1.82) is 0 Å². The van der Waals surface area contributed by atoms with Crippen LogP contribution in [0.1, 0.15) is 20.3 Å². The number of anilines is 1. The highest BCUT2D eigenvalue weighted by Gasteiger charge is 2.15. The molecule has 1 aromatic heterocycles. The Balaban J connectivity index is 1.79. The molecule has 3 rings (SSSR count). The molecule has 0 saturated carbocycles. The SMILES string of the molecule is CCN(CC)CCCn1c(SCC(=O)Nc2c(Cl)cccc2Cl)nc2ccccc2c1=O. The fraction of sp³-hybridized carbons (Fsp3) is 0.348. The first kappa shape index (κ1) is 24.6. The molecule has 0 fully saturated rings. The lowest BCUT2D eigenvalue weighted by Crippen LogP contribution is -2.28. The number of para-hydroxylation sites is 2. The Kier molecular flexibility index (Phi) is 8.99. The fourth-order valence-corrected chi connectivity index (χ4v) is 4.69. The van der Waals surface area contributed by atoms with E-state index in [1.165, 1.54) is 11.8 Å². The Morgan fingerprint density at radius 1 is 1.09 bits per heavy atom. The highest BCUT2D eigenvalue weighted by Crippen LogP contribution is 2.30. The summed E-state index contributed by atoms with van der Waals surface area (Å²) in [7, 11) is 0. The molecule has 0 saturated heterocycles. The number of fused-ring (bicyclic) bond motifs is 1. The van der Waals surface area contributed by atoms with Gasteiger partial charge in [-0.2, -0.15) is 0 Å². The summed E-state index contributed by atoms with van der Waals surface area (Å²) < 4.78 is 1.67. The van der Waals surface area contributed by atoms with E-state index in [4.69, 9.17) is 23.2 Å². The maximum atomic E-state index is 13.1. The fourth-order valence-electron chi connectivity index (χ4n) is 3.37. The van der Waals surface area contributed by atoms with Crippen LogP contribution < -0.4 is 10.9 Å². The van der Waals surface area contributed by atoms with Crippen LogP contribution in [0.25, 0.3) is 10.9 Å². The number of carbonyl (C=O) groups excluding carboxylic acids is 1. The second-order valence-electron chi connectivity index (χ2n) is 7.18. The van der Waals surface area contributed by atoms with Crippen molar-refractivity contribution < 1.29 is 4.79 Å². The van der Waals surface area contributed by atoms with E-state index in [0.717, 1.165) is 26.1 Å².